The van der Waals surface area contributed by atoms with Crippen LogP contribution in [0.2, 0.25) is 0 Å². The fraction of sp³-hybridized carbons (Fsp3) is 0.429. The Labute approximate surface area is 106 Å². The second kappa shape index (κ2) is 5.21. The summed E-state index contributed by atoms with van der Waals surface area (Å²) in [5, 5.41) is 11.3. The average Bonchev–Trinajstić information content (AvgIpc) is 2.39. The van der Waals surface area contributed by atoms with Crippen molar-refractivity contribution in [2.24, 2.45) is 0 Å². The minimum atomic E-state index is -1.01. The Hall–Kier alpha value is -1.84. The lowest BCUT2D eigenvalue weighted by atomic mass is 9.69. The summed E-state index contributed by atoms with van der Waals surface area (Å²) < 4.78 is 0. The van der Waals surface area contributed by atoms with E-state index in [2.05, 4.69) is 5.32 Å². The molecule has 1 aliphatic rings. The van der Waals surface area contributed by atoms with Crippen LogP contribution in [0.15, 0.2) is 30.3 Å². The van der Waals surface area contributed by atoms with Crippen molar-refractivity contribution in [3.05, 3.63) is 35.9 Å². The van der Waals surface area contributed by atoms with Gasteiger partial charge in [0.2, 0.25) is 0 Å². The maximum atomic E-state index is 11.4. The van der Waals surface area contributed by atoms with Crippen molar-refractivity contribution in [1.82, 2.24) is 5.32 Å². The maximum absolute atomic E-state index is 11.4. The Kier molecular flexibility index (Phi) is 3.65. The zero-order valence-electron chi connectivity index (χ0n) is 10.2. The molecular weight excluding hydrogens is 230 g/mol. The molecule has 0 atom stereocenters. The molecule has 0 unspecified atom stereocenters. The summed E-state index contributed by atoms with van der Waals surface area (Å²) in [4.78, 5) is 22.1. The van der Waals surface area contributed by atoms with E-state index < -0.39 is 6.09 Å². The highest BCUT2D eigenvalue weighted by Gasteiger charge is 2.36. The van der Waals surface area contributed by atoms with Gasteiger partial charge in [0.1, 0.15) is 5.78 Å². The van der Waals surface area contributed by atoms with E-state index in [9.17, 15) is 9.59 Å². The number of hydrogen-bond acceptors (Lipinski definition) is 2. The van der Waals surface area contributed by atoms with Crippen molar-refractivity contribution >= 4 is 11.9 Å². The molecule has 18 heavy (non-hydrogen) atoms. The van der Waals surface area contributed by atoms with Crippen molar-refractivity contribution < 1.29 is 14.7 Å². The summed E-state index contributed by atoms with van der Waals surface area (Å²) in [6.07, 6.45) is 1.50. The summed E-state index contributed by atoms with van der Waals surface area (Å²) in [6.45, 7) is 0.375. The van der Waals surface area contributed by atoms with E-state index in [1.165, 1.54) is 0 Å². The number of rotatable bonds is 3. The summed E-state index contributed by atoms with van der Waals surface area (Å²) in [6, 6.07) is 9.87. The van der Waals surface area contributed by atoms with E-state index in [1.807, 2.05) is 30.3 Å². The first-order chi connectivity index (χ1) is 8.62. The first kappa shape index (κ1) is 12.6. The molecule has 4 nitrogen and oxygen atoms in total. The van der Waals surface area contributed by atoms with Crippen LogP contribution in [-0.2, 0) is 10.2 Å². The molecule has 4 heteroatoms. The highest BCUT2D eigenvalue weighted by molar-refractivity contribution is 5.79. The van der Waals surface area contributed by atoms with E-state index in [1.54, 1.807) is 0 Å². The first-order valence-corrected chi connectivity index (χ1v) is 6.16. The van der Waals surface area contributed by atoms with Gasteiger partial charge in [-0.2, -0.15) is 0 Å². The molecule has 0 saturated heterocycles. The molecule has 1 amide bonds. The molecule has 1 aromatic rings. The van der Waals surface area contributed by atoms with E-state index in [0.717, 1.165) is 18.4 Å². The van der Waals surface area contributed by atoms with Crippen molar-refractivity contribution in [2.75, 3.05) is 6.54 Å². The molecule has 2 rings (SSSR count). The van der Waals surface area contributed by atoms with Gasteiger partial charge >= 0.3 is 6.09 Å². The number of ketones is 1. The van der Waals surface area contributed by atoms with Crippen molar-refractivity contribution in [1.29, 1.82) is 0 Å². The Morgan fingerprint density at radius 2 is 1.83 bits per heavy atom. The van der Waals surface area contributed by atoms with Gasteiger partial charge in [-0.1, -0.05) is 30.3 Å². The predicted octanol–water partition coefficient (Wildman–Crippen LogP) is 2.34. The topological polar surface area (TPSA) is 66.4 Å². The molecule has 96 valence electrons. The van der Waals surface area contributed by atoms with Crippen LogP contribution in [0.1, 0.15) is 31.2 Å². The Morgan fingerprint density at radius 3 is 2.39 bits per heavy atom. The van der Waals surface area contributed by atoms with Gasteiger partial charge in [0.15, 0.2) is 0 Å². The van der Waals surface area contributed by atoms with Crippen molar-refractivity contribution in [3.63, 3.8) is 0 Å². The number of carbonyl (C=O) groups is 2. The summed E-state index contributed by atoms with van der Waals surface area (Å²) in [7, 11) is 0. The second-order valence-electron chi connectivity index (χ2n) is 4.84. The normalized spacial score (nSPS) is 18.3. The zero-order chi connectivity index (χ0) is 13.0. The SMILES string of the molecule is O=C1CCC(CNC(=O)O)(c2ccccc2)CC1. The summed E-state index contributed by atoms with van der Waals surface area (Å²) >= 11 is 0. The Bertz CT molecular complexity index is 432. The van der Waals surface area contributed by atoms with Gasteiger partial charge in [-0.15, -0.1) is 0 Å². The minimum Gasteiger partial charge on any atom is -0.465 e. The lowest BCUT2D eigenvalue weighted by molar-refractivity contribution is -0.121. The molecule has 2 N–H and O–H groups in total. The van der Waals surface area contributed by atoms with Gasteiger partial charge in [-0.3, -0.25) is 4.79 Å². The first-order valence-electron chi connectivity index (χ1n) is 6.16. The van der Waals surface area contributed by atoms with E-state index >= 15 is 0 Å². The van der Waals surface area contributed by atoms with Crippen LogP contribution in [0, 0.1) is 0 Å². The van der Waals surface area contributed by atoms with Crippen molar-refractivity contribution in [2.45, 2.75) is 31.1 Å². The van der Waals surface area contributed by atoms with E-state index in [-0.39, 0.29) is 11.2 Å². The number of hydrogen-bond donors (Lipinski definition) is 2. The fourth-order valence-electron chi connectivity index (χ4n) is 2.61. The lowest BCUT2D eigenvalue weighted by Gasteiger charge is -2.37. The van der Waals surface area contributed by atoms with Crippen LogP contribution in [0.3, 0.4) is 0 Å². The third-order valence-electron chi connectivity index (χ3n) is 3.73. The molecule has 1 aromatic carbocycles. The molecule has 0 aliphatic heterocycles. The number of benzene rings is 1. The van der Waals surface area contributed by atoms with Gasteiger partial charge in [0.25, 0.3) is 0 Å². The van der Waals surface area contributed by atoms with Gasteiger partial charge in [-0.05, 0) is 18.4 Å². The Balaban J connectivity index is 2.22. The van der Waals surface area contributed by atoms with Gasteiger partial charge in [0, 0.05) is 24.8 Å². The third-order valence-corrected chi connectivity index (χ3v) is 3.73. The highest BCUT2D eigenvalue weighted by Crippen LogP contribution is 2.37. The van der Waals surface area contributed by atoms with Crippen LogP contribution >= 0.6 is 0 Å². The van der Waals surface area contributed by atoms with Crippen LogP contribution in [0.5, 0.6) is 0 Å². The van der Waals surface area contributed by atoms with Crippen LogP contribution in [-0.4, -0.2) is 23.5 Å². The van der Waals surface area contributed by atoms with Gasteiger partial charge in [0.05, 0.1) is 0 Å². The van der Waals surface area contributed by atoms with Crippen LogP contribution in [0.25, 0.3) is 0 Å². The lowest BCUT2D eigenvalue weighted by Crippen LogP contribution is -2.43. The summed E-state index contributed by atoms with van der Waals surface area (Å²) in [5.41, 5.74) is 0.888. The smallest absolute Gasteiger partial charge is 0.404 e. The van der Waals surface area contributed by atoms with Gasteiger partial charge in [-0.25, -0.2) is 4.79 Å². The van der Waals surface area contributed by atoms with Crippen molar-refractivity contribution in [3.8, 4) is 0 Å². The maximum Gasteiger partial charge on any atom is 0.404 e. The van der Waals surface area contributed by atoms with Crippen LogP contribution < -0.4 is 5.32 Å². The number of carbonyl (C=O) groups excluding carboxylic acids is 1. The molecule has 0 radical (unpaired) electrons. The largest absolute Gasteiger partial charge is 0.465 e. The number of carboxylic acid groups (broad SMARTS) is 1. The monoisotopic (exact) mass is 247 g/mol. The second-order valence-corrected chi connectivity index (χ2v) is 4.84. The highest BCUT2D eigenvalue weighted by atomic mass is 16.4. The number of Topliss-reactive ketones (excluding diaryl/α,β-unsaturated/α-hetero) is 1. The molecule has 1 fully saturated rings. The standard InChI is InChI=1S/C14H17NO3/c16-12-6-8-14(9-7-12,10-15-13(17)18)11-4-2-1-3-5-11/h1-5,15H,6-10H2,(H,17,18). The zero-order valence-corrected chi connectivity index (χ0v) is 10.2. The van der Waals surface area contributed by atoms with Crippen LogP contribution in [0.4, 0.5) is 4.79 Å². The molecule has 1 saturated carbocycles. The molecule has 0 aromatic heterocycles. The molecule has 0 spiro atoms. The molecular formula is C14H17NO3. The molecule has 0 heterocycles. The Morgan fingerprint density at radius 1 is 1.22 bits per heavy atom. The van der Waals surface area contributed by atoms with E-state index in [4.69, 9.17) is 5.11 Å². The third kappa shape index (κ3) is 2.70. The number of nitrogens with one attached hydrogen (secondary N) is 1. The quantitative estimate of drug-likeness (QED) is 0.861. The van der Waals surface area contributed by atoms with E-state index in [0.29, 0.717) is 19.4 Å². The van der Waals surface area contributed by atoms with Gasteiger partial charge < -0.3 is 10.4 Å². The predicted molar refractivity (Wildman–Crippen MR) is 67.6 cm³/mol. The molecule has 1 aliphatic carbocycles. The average molecular weight is 247 g/mol. The summed E-state index contributed by atoms with van der Waals surface area (Å²) in [5.74, 6) is 0.275. The fourth-order valence-corrected chi connectivity index (χ4v) is 2.61. The molecule has 0 bridgehead atoms. The number of amides is 1. The minimum absolute atomic E-state index is 0.229.